The average molecular weight is 384 g/mol. The van der Waals surface area contributed by atoms with Gasteiger partial charge in [-0.15, -0.1) is 0 Å². The van der Waals surface area contributed by atoms with Crippen molar-refractivity contribution in [2.24, 2.45) is 5.92 Å². The lowest BCUT2D eigenvalue weighted by molar-refractivity contribution is -0.121. The van der Waals surface area contributed by atoms with Crippen LogP contribution < -0.4 is 20.3 Å². The first-order valence-electron chi connectivity index (χ1n) is 9.24. The SMILES string of the molecule is CC1CCN(c2ccccc2NC(=S)NC(=O)COc2ccccc2)CC1. The van der Waals surface area contributed by atoms with E-state index in [2.05, 4.69) is 28.5 Å². The number of thiocarbonyl (C=S) groups is 1. The molecule has 1 fully saturated rings. The highest BCUT2D eigenvalue weighted by atomic mass is 32.1. The number of para-hydroxylation sites is 3. The van der Waals surface area contributed by atoms with Crippen LogP contribution >= 0.6 is 12.2 Å². The summed E-state index contributed by atoms with van der Waals surface area (Å²) in [5.41, 5.74) is 2.02. The maximum Gasteiger partial charge on any atom is 0.264 e. The van der Waals surface area contributed by atoms with Gasteiger partial charge in [-0.2, -0.15) is 0 Å². The van der Waals surface area contributed by atoms with E-state index in [1.54, 1.807) is 12.1 Å². The second-order valence-corrected chi connectivity index (χ2v) is 7.20. The van der Waals surface area contributed by atoms with E-state index in [0.29, 0.717) is 5.75 Å². The number of nitrogens with one attached hydrogen (secondary N) is 2. The van der Waals surface area contributed by atoms with Crippen LogP contribution in [0.3, 0.4) is 0 Å². The molecule has 1 amide bonds. The molecule has 142 valence electrons. The van der Waals surface area contributed by atoms with E-state index < -0.39 is 0 Å². The molecule has 0 radical (unpaired) electrons. The van der Waals surface area contributed by atoms with Gasteiger partial charge in [0.25, 0.3) is 5.91 Å². The van der Waals surface area contributed by atoms with Crippen LogP contribution in [0.15, 0.2) is 54.6 Å². The number of hydrogen-bond donors (Lipinski definition) is 2. The van der Waals surface area contributed by atoms with Gasteiger partial charge in [-0.05, 0) is 55.2 Å². The van der Waals surface area contributed by atoms with Crippen LogP contribution in [-0.4, -0.2) is 30.7 Å². The van der Waals surface area contributed by atoms with Crippen LogP contribution in [0, 0.1) is 5.92 Å². The van der Waals surface area contributed by atoms with Crippen LogP contribution in [-0.2, 0) is 4.79 Å². The first-order valence-corrected chi connectivity index (χ1v) is 9.65. The van der Waals surface area contributed by atoms with Gasteiger partial charge in [-0.1, -0.05) is 37.3 Å². The zero-order chi connectivity index (χ0) is 19.1. The highest BCUT2D eigenvalue weighted by Crippen LogP contribution is 2.29. The summed E-state index contributed by atoms with van der Waals surface area (Å²) < 4.78 is 5.44. The largest absolute Gasteiger partial charge is 0.484 e. The van der Waals surface area contributed by atoms with Crippen molar-refractivity contribution in [1.82, 2.24) is 5.32 Å². The van der Waals surface area contributed by atoms with E-state index in [-0.39, 0.29) is 17.6 Å². The second kappa shape index (κ2) is 9.37. The summed E-state index contributed by atoms with van der Waals surface area (Å²) in [5, 5.41) is 6.10. The fourth-order valence-electron chi connectivity index (χ4n) is 3.09. The molecule has 0 spiro atoms. The molecule has 1 aliphatic heterocycles. The van der Waals surface area contributed by atoms with E-state index >= 15 is 0 Å². The quantitative estimate of drug-likeness (QED) is 0.769. The third-order valence-electron chi connectivity index (χ3n) is 4.64. The second-order valence-electron chi connectivity index (χ2n) is 6.79. The lowest BCUT2D eigenvalue weighted by Gasteiger charge is -2.33. The molecule has 3 rings (SSSR count). The Balaban J connectivity index is 1.54. The summed E-state index contributed by atoms with van der Waals surface area (Å²) in [6, 6.07) is 17.3. The number of carbonyl (C=O) groups excluding carboxylic acids is 1. The van der Waals surface area contributed by atoms with Crippen LogP contribution in [0.5, 0.6) is 5.75 Å². The fraction of sp³-hybridized carbons (Fsp3) is 0.333. The molecular formula is C21H25N3O2S. The molecular weight excluding hydrogens is 358 g/mol. The summed E-state index contributed by atoms with van der Waals surface area (Å²) in [6.07, 6.45) is 2.37. The topological polar surface area (TPSA) is 53.6 Å². The molecule has 0 aromatic heterocycles. The van der Waals surface area contributed by atoms with Crippen molar-refractivity contribution >= 4 is 34.6 Å². The van der Waals surface area contributed by atoms with E-state index in [1.807, 2.05) is 36.4 Å². The number of carbonyl (C=O) groups is 1. The van der Waals surface area contributed by atoms with Crippen molar-refractivity contribution in [3.05, 3.63) is 54.6 Å². The molecule has 5 nitrogen and oxygen atoms in total. The Kier molecular flexibility index (Phi) is 6.65. The molecule has 1 aliphatic rings. The van der Waals surface area contributed by atoms with Crippen molar-refractivity contribution in [3.8, 4) is 5.75 Å². The molecule has 2 aromatic carbocycles. The lowest BCUT2D eigenvalue weighted by atomic mass is 9.98. The van der Waals surface area contributed by atoms with Gasteiger partial charge in [0.1, 0.15) is 5.75 Å². The van der Waals surface area contributed by atoms with Crippen LogP contribution in [0.2, 0.25) is 0 Å². The standard InChI is InChI=1S/C21H25N3O2S/c1-16-11-13-24(14-12-16)19-10-6-5-9-18(19)22-21(27)23-20(25)15-26-17-7-3-2-4-8-17/h2-10,16H,11-15H2,1H3,(H2,22,23,25,27). The maximum absolute atomic E-state index is 12.1. The molecule has 0 saturated carbocycles. The third-order valence-corrected chi connectivity index (χ3v) is 4.85. The van der Waals surface area contributed by atoms with Crippen molar-refractivity contribution < 1.29 is 9.53 Å². The maximum atomic E-state index is 12.1. The van der Waals surface area contributed by atoms with E-state index in [1.165, 1.54) is 12.8 Å². The monoisotopic (exact) mass is 383 g/mol. The van der Waals surface area contributed by atoms with Gasteiger partial charge < -0.3 is 15.0 Å². The third kappa shape index (κ3) is 5.69. The summed E-state index contributed by atoms with van der Waals surface area (Å²) in [5.74, 6) is 1.13. The summed E-state index contributed by atoms with van der Waals surface area (Å²) in [6.45, 7) is 4.27. The Morgan fingerprint density at radius 3 is 2.52 bits per heavy atom. The van der Waals surface area contributed by atoms with Gasteiger partial charge in [-0.3, -0.25) is 10.1 Å². The van der Waals surface area contributed by atoms with Gasteiger partial charge in [-0.25, -0.2) is 0 Å². The number of piperidine rings is 1. The molecule has 0 atom stereocenters. The van der Waals surface area contributed by atoms with Crippen LogP contribution in [0.25, 0.3) is 0 Å². The minimum absolute atomic E-state index is 0.0858. The number of amides is 1. The van der Waals surface area contributed by atoms with Gasteiger partial charge in [0.15, 0.2) is 11.7 Å². The number of hydrogen-bond acceptors (Lipinski definition) is 4. The Hall–Kier alpha value is -2.60. The molecule has 1 saturated heterocycles. The van der Waals surface area contributed by atoms with Crippen molar-refractivity contribution in [2.75, 3.05) is 29.9 Å². The van der Waals surface area contributed by atoms with Crippen LogP contribution in [0.1, 0.15) is 19.8 Å². The van der Waals surface area contributed by atoms with Gasteiger partial charge >= 0.3 is 0 Å². The number of rotatable bonds is 5. The van der Waals surface area contributed by atoms with Crippen molar-refractivity contribution in [2.45, 2.75) is 19.8 Å². The van der Waals surface area contributed by atoms with E-state index in [0.717, 1.165) is 30.4 Å². The highest BCUT2D eigenvalue weighted by molar-refractivity contribution is 7.80. The summed E-state index contributed by atoms with van der Waals surface area (Å²) in [7, 11) is 0. The predicted molar refractivity (Wildman–Crippen MR) is 113 cm³/mol. The number of nitrogens with zero attached hydrogens (tertiary/aromatic N) is 1. The first kappa shape index (κ1) is 19.2. The highest BCUT2D eigenvalue weighted by Gasteiger charge is 2.18. The fourth-order valence-corrected chi connectivity index (χ4v) is 3.31. The number of anilines is 2. The Labute approximate surface area is 165 Å². The summed E-state index contributed by atoms with van der Waals surface area (Å²) >= 11 is 5.31. The molecule has 2 N–H and O–H groups in total. The molecule has 1 heterocycles. The van der Waals surface area contributed by atoms with Gasteiger partial charge in [0.2, 0.25) is 0 Å². The zero-order valence-corrected chi connectivity index (χ0v) is 16.3. The van der Waals surface area contributed by atoms with E-state index in [4.69, 9.17) is 17.0 Å². The molecule has 0 unspecified atom stereocenters. The normalized spacial score (nSPS) is 14.5. The average Bonchev–Trinajstić information content (AvgIpc) is 2.68. The Bertz CT molecular complexity index is 774. The molecule has 0 bridgehead atoms. The molecule has 2 aromatic rings. The van der Waals surface area contributed by atoms with Crippen molar-refractivity contribution in [3.63, 3.8) is 0 Å². The molecule has 27 heavy (non-hydrogen) atoms. The summed E-state index contributed by atoms with van der Waals surface area (Å²) in [4.78, 5) is 14.4. The Morgan fingerprint density at radius 2 is 1.78 bits per heavy atom. The first-order chi connectivity index (χ1) is 13.1. The smallest absolute Gasteiger partial charge is 0.264 e. The number of ether oxygens (including phenoxy) is 1. The zero-order valence-electron chi connectivity index (χ0n) is 15.5. The van der Waals surface area contributed by atoms with Crippen LogP contribution in [0.4, 0.5) is 11.4 Å². The number of benzene rings is 2. The predicted octanol–water partition coefficient (Wildman–Crippen LogP) is 3.81. The van der Waals surface area contributed by atoms with Crippen molar-refractivity contribution in [1.29, 1.82) is 0 Å². The lowest BCUT2D eigenvalue weighted by Crippen LogP contribution is -2.38. The van der Waals surface area contributed by atoms with Gasteiger partial charge in [0.05, 0.1) is 11.4 Å². The molecule has 0 aliphatic carbocycles. The minimum atomic E-state index is -0.291. The molecule has 6 heteroatoms. The minimum Gasteiger partial charge on any atom is -0.484 e. The Morgan fingerprint density at radius 1 is 1.11 bits per heavy atom. The van der Waals surface area contributed by atoms with E-state index in [9.17, 15) is 4.79 Å². The van der Waals surface area contributed by atoms with Gasteiger partial charge in [0, 0.05) is 13.1 Å².